The first kappa shape index (κ1) is 12.8. The number of hydrogen-bond donors (Lipinski definition) is 2. The van der Waals surface area contributed by atoms with E-state index in [1.807, 2.05) is 6.92 Å². The average Bonchev–Trinajstić information content (AvgIpc) is 3.11. The quantitative estimate of drug-likeness (QED) is 0.711. The van der Waals surface area contributed by atoms with Gasteiger partial charge in [0.25, 0.3) is 0 Å². The summed E-state index contributed by atoms with van der Waals surface area (Å²) in [6.07, 6.45) is 2.48. The molecule has 1 saturated heterocycles. The Labute approximate surface area is 102 Å². The lowest BCUT2D eigenvalue weighted by molar-refractivity contribution is -0.147. The number of carbonyl (C=O) groups excluding carboxylic acids is 1. The van der Waals surface area contributed by atoms with E-state index in [-0.39, 0.29) is 30.8 Å². The molecule has 5 nitrogen and oxygen atoms in total. The van der Waals surface area contributed by atoms with E-state index >= 15 is 0 Å². The standard InChI is InChI=1S/C12H22N2O3/c1-8-5-14(6-10(7-15)17-8)12(16)4-11(13)9-2-3-9/h8-11,15H,2-7,13H2,1H3. The predicted molar refractivity (Wildman–Crippen MR) is 63.3 cm³/mol. The molecule has 2 rings (SSSR count). The second kappa shape index (κ2) is 5.33. The Kier molecular flexibility index (Phi) is 4.01. The first-order valence-corrected chi connectivity index (χ1v) is 6.39. The highest BCUT2D eigenvalue weighted by Crippen LogP contribution is 2.33. The minimum Gasteiger partial charge on any atom is -0.394 e. The third kappa shape index (κ3) is 3.40. The van der Waals surface area contributed by atoms with Crippen LogP contribution in [0.2, 0.25) is 0 Å². The molecule has 1 aliphatic carbocycles. The molecule has 3 unspecified atom stereocenters. The molecular weight excluding hydrogens is 220 g/mol. The lowest BCUT2D eigenvalue weighted by atomic mass is 10.1. The number of aliphatic hydroxyl groups is 1. The van der Waals surface area contributed by atoms with Crippen molar-refractivity contribution in [2.75, 3.05) is 19.7 Å². The van der Waals surface area contributed by atoms with Crippen LogP contribution in [-0.2, 0) is 9.53 Å². The Morgan fingerprint density at radius 1 is 1.53 bits per heavy atom. The smallest absolute Gasteiger partial charge is 0.224 e. The first-order valence-electron chi connectivity index (χ1n) is 6.39. The molecular formula is C12H22N2O3. The molecule has 0 bridgehead atoms. The molecule has 0 aromatic rings. The minimum absolute atomic E-state index is 0.00762. The largest absolute Gasteiger partial charge is 0.394 e. The van der Waals surface area contributed by atoms with Crippen molar-refractivity contribution in [3.63, 3.8) is 0 Å². The molecule has 2 fully saturated rings. The summed E-state index contributed by atoms with van der Waals surface area (Å²) in [6.45, 7) is 2.97. The summed E-state index contributed by atoms with van der Waals surface area (Å²) in [7, 11) is 0. The van der Waals surface area contributed by atoms with Crippen LogP contribution in [0, 0.1) is 5.92 Å². The monoisotopic (exact) mass is 242 g/mol. The van der Waals surface area contributed by atoms with Gasteiger partial charge in [-0.1, -0.05) is 0 Å². The van der Waals surface area contributed by atoms with E-state index in [4.69, 9.17) is 15.6 Å². The molecule has 0 radical (unpaired) electrons. The third-order valence-corrected chi connectivity index (χ3v) is 3.52. The Morgan fingerprint density at radius 2 is 2.24 bits per heavy atom. The van der Waals surface area contributed by atoms with Gasteiger partial charge in [-0.25, -0.2) is 0 Å². The van der Waals surface area contributed by atoms with Gasteiger partial charge >= 0.3 is 0 Å². The van der Waals surface area contributed by atoms with Crippen LogP contribution in [0.25, 0.3) is 0 Å². The Balaban J connectivity index is 1.84. The van der Waals surface area contributed by atoms with Gasteiger partial charge in [-0.15, -0.1) is 0 Å². The number of aliphatic hydroxyl groups excluding tert-OH is 1. The second-order valence-corrected chi connectivity index (χ2v) is 5.26. The van der Waals surface area contributed by atoms with Crippen molar-refractivity contribution >= 4 is 5.91 Å². The summed E-state index contributed by atoms with van der Waals surface area (Å²) < 4.78 is 5.51. The molecule has 0 aromatic carbocycles. The van der Waals surface area contributed by atoms with Crippen LogP contribution in [0.4, 0.5) is 0 Å². The number of morpholine rings is 1. The number of ether oxygens (including phenoxy) is 1. The van der Waals surface area contributed by atoms with Crippen molar-refractivity contribution in [2.45, 2.75) is 44.4 Å². The maximum atomic E-state index is 12.1. The lowest BCUT2D eigenvalue weighted by Gasteiger charge is -2.36. The maximum absolute atomic E-state index is 12.1. The van der Waals surface area contributed by atoms with Crippen LogP contribution in [0.15, 0.2) is 0 Å². The van der Waals surface area contributed by atoms with Crippen LogP contribution >= 0.6 is 0 Å². The van der Waals surface area contributed by atoms with Crippen LogP contribution in [-0.4, -0.2) is 53.9 Å². The normalized spacial score (nSPS) is 31.4. The van der Waals surface area contributed by atoms with Gasteiger partial charge in [0.1, 0.15) is 0 Å². The average molecular weight is 242 g/mol. The fourth-order valence-corrected chi connectivity index (χ4v) is 2.37. The molecule has 1 aliphatic heterocycles. The Bertz CT molecular complexity index is 281. The van der Waals surface area contributed by atoms with Gasteiger partial charge in [-0.3, -0.25) is 4.79 Å². The molecule has 3 N–H and O–H groups in total. The molecule has 1 saturated carbocycles. The van der Waals surface area contributed by atoms with Crippen LogP contribution in [0.1, 0.15) is 26.2 Å². The third-order valence-electron chi connectivity index (χ3n) is 3.52. The molecule has 3 atom stereocenters. The van der Waals surface area contributed by atoms with Gasteiger partial charge in [0, 0.05) is 25.6 Å². The molecule has 1 heterocycles. The fraction of sp³-hybridized carbons (Fsp3) is 0.917. The van der Waals surface area contributed by atoms with E-state index in [2.05, 4.69) is 0 Å². The van der Waals surface area contributed by atoms with E-state index in [1.54, 1.807) is 4.90 Å². The van der Waals surface area contributed by atoms with Gasteiger partial charge in [0.2, 0.25) is 5.91 Å². The summed E-state index contributed by atoms with van der Waals surface area (Å²) in [4.78, 5) is 13.8. The van der Waals surface area contributed by atoms with Crippen molar-refractivity contribution < 1.29 is 14.6 Å². The van der Waals surface area contributed by atoms with E-state index in [0.29, 0.717) is 25.4 Å². The zero-order valence-electron chi connectivity index (χ0n) is 10.3. The second-order valence-electron chi connectivity index (χ2n) is 5.26. The Hall–Kier alpha value is -0.650. The van der Waals surface area contributed by atoms with Crippen LogP contribution in [0.3, 0.4) is 0 Å². The van der Waals surface area contributed by atoms with Crippen molar-refractivity contribution in [3.05, 3.63) is 0 Å². The highest BCUT2D eigenvalue weighted by atomic mass is 16.5. The van der Waals surface area contributed by atoms with E-state index < -0.39 is 0 Å². The van der Waals surface area contributed by atoms with E-state index in [0.717, 1.165) is 12.8 Å². The zero-order chi connectivity index (χ0) is 12.4. The summed E-state index contributed by atoms with van der Waals surface area (Å²) in [6, 6.07) is 0.00762. The van der Waals surface area contributed by atoms with Gasteiger partial charge in [-0.2, -0.15) is 0 Å². The Morgan fingerprint density at radius 3 is 2.82 bits per heavy atom. The molecule has 0 aromatic heterocycles. The van der Waals surface area contributed by atoms with Gasteiger partial charge in [0.05, 0.1) is 18.8 Å². The summed E-state index contributed by atoms with van der Waals surface area (Å²) in [5, 5.41) is 9.10. The number of amides is 1. The van der Waals surface area contributed by atoms with Gasteiger partial charge in [0.15, 0.2) is 0 Å². The predicted octanol–water partition coefficient (Wildman–Crippen LogP) is -0.278. The molecule has 1 amide bonds. The highest BCUT2D eigenvalue weighted by molar-refractivity contribution is 5.77. The van der Waals surface area contributed by atoms with Crippen molar-refractivity contribution in [3.8, 4) is 0 Å². The minimum atomic E-state index is -0.250. The molecule has 5 heteroatoms. The van der Waals surface area contributed by atoms with Gasteiger partial charge in [-0.05, 0) is 25.7 Å². The number of carbonyl (C=O) groups is 1. The van der Waals surface area contributed by atoms with Crippen LogP contribution in [0.5, 0.6) is 0 Å². The van der Waals surface area contributed by atoms with E-state index in [1.165, 1.54) is 0 Å². The molecule has 0 spiro atoms. The van der Waals surface area contributed by atoms with Crippen molar-refractivity contribution in [1.29, 1.82) is 0 Å². The number of hydrogen-bond acceptors (Lipinski definition) is 4. The van der Waals surface area contributed by atoms with E-state index in [9.17, 15) is 4.79 Å². The first-order chi connectivity index (χ1) is 8.10. The SMILES string of the molecule is CC1CN(C(=O)CC(N)C2CC2)CC(CO)O1. The topological polar surface area (TPSA) is 75.8 Å². The number of rotatable bonds is 4. The summed E-state index contributed by atoms with van der Waals surface area (Å²) in [5.74, 6) is 0.643. The molecule has 98 valence electrons. The van der Waals surface area contributed by atoms with Crippen molar-refractivity contribution in [2.24, 2.45) is 11.7 Å². The fourth-order valence-electron chi connectivity index (χ4n) is 2.37. The molecule has 2 aliphatic rings. The van der Waals surface area contributed by atoms with Crippen molar-refractivity contribution in [1.82, 2.24) is 4.90 Å². The van der Waals surface area contributed by atoms with Gasteiger partial charge < -0.3 is 20.5 Å². The summed E-state index contributed by atoms with van der Waals surface area (Å²) >= 11 is 0. The number of nitrogens with two attached hydrogens (primary N) is 1. The number of nitrogens with zero attached hydrogens (tertiary/aromatic N) is 1. The van der Waals surface area contributed by atoms with Crippen LogP contribution < -0.4 is 5.73 Å². The highest BCUT2D eigenvalue weighted by Gasteiger charge is 2.33. The molecule has 17 heavy (non-hydrogen) atoms. The zero-order valence-corrected chi connectivity index (χ0v) is 10.3. The lowest BCUT2D eigenvalue weighted by Crippen LogP contribution is -2.51. The maximum Gasteiger partial charge on any atom is 0.224 e. The summed E-state index contributed by atoms with van der Waals surface area (Å²) in [5.41, 5.74) is 5.96.